The molecule has 0 spiro atoms. The summed E-state index contributed by atoms with van der Waals surface area (Å²) in [5, 5.41) is 4.13. The van der Waals surface area contributed by atoms with E-state index < -0.39 is 0 Å². The molecule has 5 heteroatoms. The number of nitrogens with two attached hydrogens (primary N) is 1. The number of aromatic nitrogens is 1. The molecule has 0 amide bonds. The first-order valence-electron chi connectivity index (χ1n) is 6.67. The van der Waals surface area contributed by atoms with Crippen LogP contribution >= 0.6 is 11.6 Å². The molecule has 0 saturated heterocycles. The van der Waals surface area contributed by atoms with Gasteiger partial charge in [-0.05, 0) is 40.8 Å². The molecule has 0 radical (unpaired) electrons. The van der Waals surface area contributed by atoms with Crippen LogP contribution in [0.1, 0.15) is 25.3 Å². The molecule has 0 bridgehead atoms. The van der Waals surface area contributed by atoms with Gasteiger partial charge in [-0.25, -0.2) is 0 Å². The van der Waals surface area contributed by atoms with Crippen molar-refractivity contribution in [2.45, 2.75) is 19.8 Å². The molecule has 0 aliphatic carbocycles. The van der Waals surface area contributed by atoms with E-state index in [0.717, 1.165) is 11.1 Å². The van der Waals surface area contributed by atoms with Gasteiger partial charge >= 0.3 is 0 Å². The lowest BCUT2D eigenvalue weighted by Crippen LogP contribution is -1.90. The van der Waals surface area contributed by atoms with Crippen molar-refractivity contribution in [2.24, 2.45) is 0 Å². The van der Waals surface area contributed by atoms with Crippen molar-refractivity contribution in [3.63, 3.8) is 0 Å². The predicted molar refractivity (Wildman–Crippen MR) is 83.2 cm³/mol. The lowest BCUT2D eigenvalue weighted by molar-refractivity contribution is 0.421. The van der Waals surface area contributed by atoms with Gasteiger partial charge in [-0.1, -0.05) is 43.3 Å². The molecule has 1 aromatic carbocycles. The number of benzene rings is 1. The van der Waals surface area contributed by atoms with Crippen molar-refractivity contribution < 1.29 is 8.94 Å². The zero-order chi connectivity index (χ0) is 15.0. The van der Waals surface area contributed by atoms with Crippen molar-refractivity contribution in [2.75, 3.05) is 5.73 Å². The van der Waals surface area contributed by atoms with Crippen molar-refractivity contribution in [3.8, 4) is 22.6 Å². The number of hydrogen-bond acceptors (Lipinski definition) is 4. The Labute approximate surface area is 127 Å². The van der Waals surface area contributed by atoms with Gasteiger partial charge in [0.2, 0.25) is 5.76 Å². The number of rotatable bonds is 3. The summed E-state index contributed by atoms with van der Waals surface area (Å²) < 4.78 is 10.7. The van der Waals surface area contributed by atoms with E-state index in [4.69, 9.17) is 26.3 Å². The van der Waals surface area contributed by atoms with E-state index in [9.17, 15) is 0 Å². The zero-order valence-corrected chi connectivity index (χ0v) is 12.5. The second-order valence-corrected chi connectivity index (χ2v) is 5.52. The molecular formula is C16H15ClN2O2. The quantitative estimate of drug-likeness (QED) is 0.742. The zero-order valence-electron chi connectivity index (χ0n) is 11.8. The topological polar surface area (TPSA) is 65.2 Å². The van der Waals surface area contributed by atoms with Crippen molar-refractivity contribution >= 4 is 17.4 Å². The van der Waals surface area contributed by atoms with E-state index in [-0.39, 0.29) is 0 Å². The molecule has 0 fully saturated rings. The number of anilines is 1. The maximum atomic E-state index is 5.94. The third-order valence-corrected chi connectivity index (χ3v) is 3.58. The van der Waals surface area contributed by atoms with E-state index in [2.05, 4.69) is 31.1 Å². The SMILES string of the molecule is CC(C)c1ccc(-c2c(N)noc2-c2ccc(Cl)o2)cc1. The maximum absolute atomic E-state index is 5.94. The van der Waals surface area contributed by atoms with E-state index in [1.165, 1.54) is 5.56 Å². The van der Waals surface area contributed by atoms with Crippen LogP contribution in [0.2, 0.25) is 5.22 Å². The first-order chi connectivity index (χ1) is 10.1. The Kier molecular flexibility index (Phi) is 3.47. The molecule has 2 heterocycles. The average molecular weight is 303 g/mol. The molecule has 2 aromatic heterocycles. The minimum absolute atomic E-state index is 0.293. The Balaban J connectivity index is 2.08. The van der Waals surface area contributed by atoms with E-state index in [1.54, 1.807) is 12.1 Å². The fourth-order valence-corrected chi connectivity index (χ4v) is 2.37. The van der Waals surface area contributed by atoms with Gasteiger partial charge in [0.05, 0.1) is 5.56 Å². The summed E-state index contributed by atoms with van der Waals surface area (Å²) in [6.45, 7) is 4.30. The summed E-state index contributed by atoms with van der Waals surface area (Å²) in [6, 6.07) is 11.5. The summed E-state index contributed by atoms with van der Waals surface area (Å²) in [6.07, 6.45) is 0. The molecule has 3 rings (SSSR count). The molecule has 0 aliphatic rings. The molecule has 2 N–H and O–H groups in total. The van der Waals surface area contributed by atoms with Crippen LogP contribution in [0.25, 0.3) is 22.6 Å². The maximum Gasteiger partial charge on any atom is 0.212 e. The van der Waals surface area contributed by atoms with Gasteiger partial charge in [0.15, 0.2) is 16.8 Å². The van der Waals surface area contributed by atoms with Crippen molar-refractivity contribution in [3.05, 3.63) is 47.2 Å². The highest BCUT2D eigenvalue weighted by molar-refractivity contribution is 6.29. The molecule has 4 nitrogen and oxygen atoms in total. The fourth-order valence-electron chi connectivity index (χ4n) is 2.22. The second-order valence-electron chi connectivity index (χ2n) is 5.15. The van der Waals surface area contributed by atoms with Gasteiger partial charge in [-0.15, -0.1) is 0 Å². The van der Waals surface area contributed by atoms with Crippen LogP contribution in [0.4, 0.5) is 5.82 Å². The van der Waals surface area contributed by atoms with Crippen molar-refractivity contribution in [1.82, 2.24) is 5.16 Å². The summed E-state index contributed by atoms with van der Waals surface area (Å²) >= 11 is 5.81. The van der Waals surface area contributed by atoms with Crippen LogP contribution in [0, 0.1) is 0 Å². The summed E-state index contributed by atoms with van der Waals surface area (Å²) in [5.74, 6) is 1.79. The van der Waals surface area contributed by atoms with Crippen LogP contribution in [-0.2, 0) is 0 Å². The summed E-state index contributed by atoms with van der Waals surface area (Å²) in [5.41, 5.74) is 8.85. The van der Waals surface area contributed by atoms with Crippen LogP contribution in [-0.4, -0.2) is 5.16 Å². The monoisotopic (exact) mass is 302 g/mol. The molecule has 21 heavy (non-hydrogen) atoms. The largest absolute Gasteiger partial charge is 0.441 e. The number of nitrogens with zero attached hydrogens (tertiary/aromatic N) is 1. The van der Waals surface area contributed by atoms with E-state index in [1.807, 2.05) is 12.1 Å². The van der Waals surface area contributed by atoms with Gasteiger partial charge in [-0.2, -0.15) is 0 Å². The Morgan fingerprint density at radius 3 is 2.38 bits per heavy atom. The third kappa shape index (κ3) is 2.54. The lowest BCUT2D eigenvalue weighted by Gasteiger charge is -2.06. The predicted octanol–water partition coefficient (Wildman–Crippen LogP) is 4.96. The first-order valence-corrected chi connectivity index (χ1v) is 7.05. The molecule has 0 atom stereocenters. The van der Waals surface area contributed by atoms with Gasteiger partial charge in [0.1, 0.15) is 0 Å². The second kappa shape index (κ2) is 5.30. The molecule has 0 unspecified atom stereocenters. The van der Waals surface area contributed by atoms with Gasteiger partial charge in [-0.3, -0.25) is 0 Å². The average Bonchev–Trinajstić information content (AvgIpc) is 3.05. The Morgan fingerprint density at radius 2 is 1.81 bits per heavy atom. The minimum atomic E-state index is 0.293. The fraction of sp³-hybridized carbons (Fsp3) is 0.188. The number of hydrogen-bond donors (Lipinski definition) is 1. The van der Waals surface area contributed by atoms with Crippen LogP contribution in [0.3, 0.4) is 0 Å². The molecular weight excluding hydrogens is 288 g/mol. The minimum Gasteiger partial charge on any atom is -0.441 e. The first kappa shape index (κ1) is 13.8. The highest BCUT2D eigenvalue weighted by atomic mass is 35.5. The van der Waals surface area contributed by atoms with Crippen molar-refractivity contribution in [1.29, 1.82) is 0 Å². The standard InChI is InChI=1S/C16H15ClN2O2/c1-9(2)10-3-5-11(6-4-10)14-15(21-19-16(14)18)12-7-8-13(17)20-12/h3-9H,1-2H3,(H2,18,19). The highest BCUT2D eigenvalue weighted by Crippen LogP contribution is 2.38. The molecule has 0 saturated carbocycles. The normalized spacial score (nSPS) is 11.2. The number of nitrogen functional groups attached to an aromatic ring is 1. The van der Waals surface area contributed by atoms with E-state index >= 15 is 0 Å². The van der Waals surface area contributed by atoms with Gasteiger partial charge in [0.25, 0.3) is 0 Å². The molecule has 3 aromatic rings. The van der Waals surface area contributed by atoms with Crippen LogP contribution in [0.5, 0.6) is 0 Å². The number of halogens is 1. The highest BCUT2D eigenvalue weighted by Gasteiger charge is 2.20. The third-order valence-electron chi connectivity index (χ3n) is 3.38. The lowest BCUT2D eigenvalue weighted by atomic mass is 9.98. The van der Waals surface area contributed by atoms with Gasteiger partial charge < -0.3 is 14.7 Å². The molecule has 0 aliphatic heterocycles. The Hall–Kier alpha value is -2.20. The molecule has 108 valence electrons. The number of furan rings is 1. The Morgan fingerprint density at radius 1 is 1.10 bits per heavy atom. The summed E-state index contributed by atoms with van der Waals surface area (Å²) in [4.78, 5) is 0. The van der Waals surface area contributed by atoms with Crippen LogP contribution in [0.15, 0.2) is 45.3 Å². The smallest absolute Gasteiger partial charge is 0.212 e. The Bertz CT molecular complexity index is 757. The van der Waals surface area contributed by atoms with E-state index in [0.29, 0.717) is 28.5 Å². The van der Waals surface area contributed by atoms with Gasteiger partial charge in [0, 0.05) is 0 Å². The summed E-state index contributed by atoms with van der Waals surface area (Å²) in [7, 11) is 0. The van der Waals surface area contributed by atoms with Crippen LogP contribution < -0.4 is 5.73 Å².